The molecule has 3 aromatic heterocycles. The van der Waals surface area contributed by atoms with Crippen molar-refractivity contribution in [2.75, 3.05) is 4.90 Å². The summed E-state index contributed by atoms with van der Waals surface area (Å²) in [6, 6.07) is 66.2. The minimum absolute atomic E-state index is 0.582. The Labute approximate surface area is 328 Å². The molecule has 3 heterocycles. The zero-order valence-electron chi connectivity index (χ0n) is 30.6. The van der Waals surface area contributed by atoms with E-state index in [4.69, 9.17) is 23.8 Å². The Morgan fingerprint density at radius 1 is 0.316 bits per heavy atom. The lowest BCUT2D eigenvalue weighted by Gasteiger charge is -2.26. The van der Waals surface area contributed by atoms with Gasteiger partial charge in [0.2, 0.25) is 0 Å². The van der Waals surface area contributed by atoms with E-state index in [1.54, 1.807) is 0 Å². The molecule has 0 atom stereocenters. The molecule has 268 valence electrons. The van der Waals surface area contributed by atoms with Crippen molar-refractivity contribution in [1.29, 1.82) is 0 Å². The molecule has 8 aromatic carbocycles. The maximum absolute atomic E-state index is 6.69. The lowest BCUT2D eigenvalue weighted by Crippen LogP contribution is -2.10. The second kappa shape index (κ2) is 13.5. The minimum Gasteiger partial charge on any atom is -0.456 e. The summed E-state index contributed by atoms with van der Waals surface area (Å²) in [4.78, 5) is 17.3. The van der Waals surface area contributed by atoms with E-state index >= 15 is 0 Å². The maximum Gasteiger partial charge on any atom is 0.164 e. The predicted molar refractivity (Wildman–Crippen MR) is 231 cm³/mol. The molecule has 6 heteroatoms. The average Bonchev–Trinajstić information content (AvgIpc) is 3.85. The third-order valence-corrected chi connectivity index (χ3v) is 10.5. The summed E-state index contributed by atoms with van der Waals surface area (Å²) in [5, 5.41) is 4.11. The van der Waals surface area contributed by atoms with E-state index in [-0.39, 0.29) is 0 Å². The summed E-state index contributed by atoms with van der Waals surface area (Å²) in [6.45, 7) is 0. The van der Waals surface area contributed by atoms with Crippen LogP contribution in [0.1, 0.15) is 0 Å². The number of benzene rings is 8. The first-order valence-corrected chi connectivity index (χ1v) is 18.9. The fourth-order valence-corrected chi connectivity index (χ4v) is 7.91. The molecule has 0 amide bonds. The lowest BCUT2D eigenvalue weighted by molar-refractivity contribution is 0.669. The number of furan rings is 2. The van der Waals surface area contributed by atoms with Gasteiger partial charge in [-0.25, -0.2) is 15.0 Å². The van der Waals surface area contributed by atoms with Crippen LogP contribution < -0.4 is 4.90 Å². The molecule has 0 bridgehead atoms. The van der Waals surface area contributed by atoms with Gasteiger partial charge in [-0.05, 0) is 53.6 Å². The number of anilines is 3. The highest BCUT2D eigenvalue weighted by molar-refractivity contribution is 6.15. The van der Waals surface area contributed by atoms with E-state index in [0.29, 0.717) is 17.5 Å². The largest absolute Gasteiger partial charge is 0.456 e. The topological polar surface area (TPSA) is 68.2 Å². The number of rotatable bonds is 7. The van der Waals surface area contributed by atoms with Crippen molar-refractivity contribution < 1.29 is 8.83 Å². The highest BCUT2D eigenvalue weighted by Gasteiger charge is 2.22. The van der Waals surface area contributed by atoms with Crippen LogP contribution in [0.4, 0.5) is 17.1 Å². The predicted octanol–water partition coefficient (Wildman–Crippen LogP) is 13.8. The number of hydrogen-bond acceptors (Lipinski definition) is 6. The molecule has 0 radical (unpaired) electrons. The van der Waals surface area contributed by atoms with E-state index in [2.05, 4.69) is 102 Å². The molecule has 0 aliphatic carbocycles. The summed E-state index contributed by atoms with van der Waals surface area (Å²) in [7, 11) is 0. The molecule has 0 N–H and O–H groups in total. The van der Waals surface area contributed by atoms with Crippen molar-refractivity contribution in [3.05, 3.63) is 194 Å². The van der Waals surface area contributed by atoms with Crippen molar-refractivity contribution in [2.45, 2.75) is 0 Å². The highest BCUT2D eigenvalue weighted by atomic mass is 16.3. The summed E-state index contributed by atoms with van der Waals surface area (Å²) in [5.74, 6) is 1.81. The number of para-hydroxylation sites is 2. The van der Waals surface area contributed by atoms with Crippen LogP contribution in [0, 0.1) is 0 Å². The number of aromatic nitrogens is 3. The summed E-state index contributed by atoms with van der Waals surface area (Å²) in [5.41, 5.74) is 11.1. The fourth-order valence-electron chi connectivity index (χ4n) is 7.91. The fraction of sp³-hybridized carbons (Fsp3) is 0. The lowest BCUT2D eigenvalue weighted by atomic mass is 9.98. The number of hydrogen-bond donors (Lipinski definition) is 0. The molecular weight excluding hydrogens is 701 g/mol. The van der Waals surface area contributed by atoms with Crippen LogP contribution in [0.5, 0.6) is 0 Å². The van der Waals surface area contributed by atoms with Gasteiger partial charge < -0.3 is 13.7 Å². The summed E-state index contributed by atoms with van der Waals surface area (Å²) in [6.07, 6.45) is 0. The van der Waals surface area contributed by atoms with Crippen LogP contribution in [-0.4, -0.2) is 15.0 Å². The second-order valence-electron chi connectivity index (χ2n) is 14.0. The Morgan fingerprint density at radius 2 is 0.842 bits per heavy atom. The zero-order chi connectivity index (χ0) is 37.7. The molecule has 11 aromatic rings. The van der Waals surface area contributed by atoms with Gasteiger partial charge in [-0.3, -0.25) is 0 Å². The van der Waals surface area contributed by atoms with Crippen LogP contribution in [-0.2, 0) is 0 Å². The van der Waals surface area contributed by atoms with Gasteiger partial charge in [-0.2, -0.15) is 0 Å². The van der Waals surface area contributed by atoms with Gasteiger partial charge >= 0.3 is 0 Å². The Morgan fingerprint density at radius 3 is 1.54 bits per heavy atom. The van der Waals surface area contributed by atoms with Crippen molar-refractivity contribution in [1.82, 2.24) is 15.0 Å². The van der Waals surface area contributed by atoms with Gasteiger partial charge in [-0.15, -0.1) is 0 Å². The SMILES string of the molecule is c1ccc(-c2nc(-c3ccccc3)nc(-c3cccc4oc5cc(N(c6ccccc6)c6cc(-c7ccccc7)c7c(c6)oc6ccccc67)ccc5c34)n2)cc1. The summed E-state index contributed by atoms with van der Waals surface area (Å²) < 4.78 is 13.2. The molecule has 11 rings (SSSR count). The monoisotopic (exact) mass is 732 g/mol. The summed E-state index contributed by atoms with van der Waals surface area (Å²) >= 11 is 0. The van der Waals surface area contributed by atoms with Gasteiger partial charge in [-0.1, -0.05) is 140 Å². The highest BCUT2D eigenvalue weighted by Crippen LogP contribution is 2.45. The molecule has 0 saturated carbocycles. The van der Waals surface area contributed by atoms with Crippen molar-refractivity contribution in [3.8, 4) is 45.3 Å². The van der Waals surface area contributed by atoms with Gasteiger partial charge in [0.15, 0.2) is 17.5 Å². The van der Waals surface area contributed by atoms with Gasteiger partial charge in [0.05, 0.1) is 5.69 Å². The molecule has 0 spiro atoms. The Hall–Kier alpha value is -7.83. The first kappa shape index (κ1) is 32.6. The standard InChI is InChI=1S/C51H32N4O2/c1-5-16-33(17-6-1)42-30-38(32-46-48(42)39-24-13-14-26-43(39)56-46)55(36-22-11-4-12-23-36)37-28-29-40-45(31-37)57-44-27-15-25-41(47(40)44)51-53-49(34-18-7-2-8-19-34)52-50(54-51)35-20-9-3-10-21-35/h1-32H. The van der Waals surface area contributed by atoms with E-state index in [1.165, 1.54) is 0 Å². The molecule has 0 fully saturated rings. The van der Waals surface area contributed by atoms with Crippen molar-refractivity contribution >= 4 is 60.9 Å². The van der Waals surface area contributed by atoms with Crippen molar-refractivity contribution in [3.63, 3.8) is 0 Å². The van der Waals surface area contributed by atoms with Gasteiger partial charge in [0, 0.05) is 61.7 Å². The van der Waals surface area contributed by atoms with E-state index in [0.717, 1.165) is 88.8 Å². The Balaban J connectivity index is 1.10. The first-order valence-electron chi connectivity index (χ1n) is 18.9. The maximum atomic E-state index is 6.69. The molecule has 57 heavy (non-hydrogen) atoms. The normalized spacial score (nSPS) is 11.5. The third kappa shape index (κ3) is 5.70. The molecular formula is C51H32N4O2. The van der Waals surface area contributed by atoms with Gasteiger partial charge in [0.1, 0.15) is 22.3 Å². The zero-order valence-corrected chi connectivity index (χ0v) is 30.6. The third-order valence-electron chi connectivity index (χ3n) is 10.5. The Kier molecular flexibility index (Phi) is 7.71. The van der Waals surface area contributed by atoms with E-state index in [9.17, 15) is 0 Å². The molecule has 0 aliphatic rings. The van der Waals surface area contributed by atoms with Gasteiger partial charge in [0.25, 0.3) is 0 Å². The number of nitrogens with zero attached hydrogens (tertiary/aromatic N) is 4. The minimum atomic E-state index is 0.582. The second-order valence-corrected chi connectivity index (χ2v) is 14.0. The van der Waals surface area contributed by atoms with E-state index in [1.807, 2.05) is 97.1 Å². The Bertz CT molecular complexity index is 3170. The van der Waals surface area contributed by atoms with Crippen LogP contribution in [0.3, 0.4) is 0 Å². The van der Waals surface area contributed by atoms with Crippen LogP contribution in [0.15, 0.2) is 203 Å². The average molecular weight is 733 g/mol. The molecule has 0 saturated heterocycles. The van der Waals surface area contributed by atoms with Crippen molar-refractivity contribution in [2.24, 2.45) is 0 Å². The smallest absolute Gasteiger partial charge is 0.164 e. The molecule has 0 unspecified atom stereocenters. The first-order chi connectivity index (χ1) is 28.2. The molecule has 6 nitrogen and oxygen atoms in total. The number of fused-ring (bicyclic) bond motifs is 6. The van der Waals surface area contributed by atoms with Crippen LogP contribution in [0.25, 0.3) is 89.2 Å². The van der Waals surface area contributed by atoms with Crippen LogP contribution >= 0.6 is 0 Å². The quantitative estimate of drug-likeness (QED) is 0.162. The molecule has 0 aliphatic heterocycles. The van der Waals surface area contributed by atoms with Crippen LogP contribution in [0.2, 0.25) is 0 Å². The van der Waals surface area contributed by atoms with E-state index < -0.39 is 0 Å².